The molecule has 2 rings (SSSR count). The van der Waals surface area contributed by atoms with Crippen LogP contribution in [0.3, 0.4) is 0 Å². The van der Waals surface area contributed by atoms with Crippen LogP contribution in [-0.4, -0.2) is 18.9 Å². The first-order valence-corrected chi connectivity index (χ1v) is 5.95. The molecule has 0 spiro atoms. The van der Waals surface area contributed by atoms with Gasteiger partial charge in [0.25, 0.3) is 0 Å². The third-order valence-corrected chi connectivity index (χ3v) is 3.87. The molecule has 0 aliphatic carbocycles. The normalized spacial score (nSPS) is 24.8. The zero-order valence-corrected chi connectivity index (χ0v) is 10.8. The van der Waals surface area contributed by atoms with Crippen LogP contribution in [0.2, 0.25) is 0 Å². The number of hydrogen-bond donors (Lipinski definition) is 1. The molecule has 96 valence electrons. The molecule has 1 aliphatic heterocycles. The van der Waals surface area contributed by atoms with Crippen LogP contribution in [0.4, 0.5) is 0 Å². The molecule has 1 N–H and O–H groups in total. The van der Waals surface area contributed by atoms with Gasteiger partial charge in [0, 0.05) is 6.42 Å². The second-order valence-electron chi connectivity index (χ2n) is 4.97. The van der Waals surface area contributed by atoms with Gasteiger partial charge in [0.1, 0.15) is 5.75 Å². The summed E-state index contributed by atoms with van der Waals surface area (Å²) in [6, 6.07) is 7.60. The summed E-state index contributed by atoms with van der Waals surface area (Å²) >= 11 is 0. The Morgan fingerprint density at radius 3 is 2.33 bits per heavy atom. The van der Waals surface area contributed by atoms with Gasteiger partial charge in [-0.15, -0.1) is 0 Å². The molecule has 1 saturated heterocycles. The monoisotopic (exact) mass is 247 g/mol. The number of nitrogens with one attached hydrogen (secondary N) is 1. The van der Waals surface area contributed by atoms with Crippen molar-refractivity contribution in [1.29, 1.82) is 0 Å². The van der Waals surface area contributed by atoms with Crippen molar-refractivity contribution in [3.63, 3.8) is 0 Å². The minimum atomic E-state index is -0.661. The maximum Gasteiger partial charge on any atom is 0.233 e. The molecule has 1 aromatic rings. The first kappa shape index (κ1) is 12.6. The molecule has 4 heteroatoms. The Morgan fingerprint density at radius 2 is 1.89 bits per heavy atom. The molecule has 0 radical (unpaired) electrons. The summed E-state index contributed by atoms with van der Waals surface area (Å²) in [6.45, 7) is 3.81. The van der Waals surface area contributed by atoms with Crippen molar-refractivity contribution in [2.75, 3.05) is 7.11 Å². The minimum Gasteiger partial charge on any atom is -0.497 e. The first-order chi connectivity index (χ1) is 8.47. The summed E-state index contributed by atoms with van der Waals surface area (Å²) in [5, 5.41) is 2.38. The number of amides is 2. The lowest BCUT2D eigenvalue weighted by atomic mass is 9.73. The van der Waals surface area contributed by atoms with Crippen LogP contribution in [0.15, 0.2) is 24.3 Å². The van der Waals surface area contributed by atoms with Crippen LogP contribution in [-0.2, 0) is 9.59 Å². The predicted molar refractivity (Wildman–Crippen MR) is 67.3 cm³/mol. The summed E-state index contributed by atoms with van der Waals surface area (Å²) < 4.78 is 5.10. The van der Waals surface area contributed by atoms with Crippen LogP contribution in [0.5, 0.6) is 5.75 Å². The third kappa shape index (κ3) is 1.98. The fourth-order valence-electron chi connectivity index (χ4n) is 2.34. The van der Waals surface area contributed by atoms with E-state index in [0.29, 0.717) is 0 Å². The zero-order valence-electron chi connectivity index (χ0n) is 10.8. The largest absolute Gasteiger partial charge is 0.497 e. The molecule has 4 nitrogen and oxygen atoms in total. The lowest BCUT2D eigenvalue weighted by Gasteiger charge is -2.28. The Balaban J connectivity index is 2.27. The standard InChI is InChI=1S/C14H17NO3/c1-9(10-4-6-11(18-3)7-5-10)14(2)8-12(16)15-13(14)17/h4-7,9H,8H2,1-3H3,(H,15,16,17)/t9-,14+/m1/s1. The summed E-state index contributed by atoms with van der Waals surface area (Å²) in [5.41, 5.74) is 0.370. The number of ether oxygens (including phenoxy) is 1. The zero-order chi connectivity index (χ0) is 13.3. The lowest BCUT2D eigenvalue weighted by molar-refractivity contribution is -0.128. The van der Waals surface area contributed by atoms with Crippen molar-refractivity contribution in [3.8, 4) is 5.75 Å². The van der Waals surface area contributed by atoms with E-state index >= 15 is 0 Å². The number of carbonyl (C=O) groups excluding carboxylic acids is 2. The summed E-state index contributed by atoms with van der Waals surface area (Å²) in [7, 11) is 1.61. The molecule has 2 amide bonds. The van der Waals surface area contributed by atoms with E-state index < -0.39 is 5.41 Å². The van der Waals surface area contributed by atoms with Crippen molar-refractivity contribution in [1.82, 2.24) is 5.32 Å². The number of carbonyl (C=O) groups is 2. The average Bonchev–Trinajstić information content (AvgIpc) is 2.63. The van der Waals surface area contributed by atoms with E-state index in [0.717, 1.165) is 11.3 Å². The Labute approximate surface area is 106 Å². The van der Waals surface area contributed by atoms with Crippen molar-refractivity contribution in [2.45, 2.75) is 26.2 Å². The van der Waals surface area contributed by atoms with Crippen molar-refractivity contribution in [2.24, 2.45) is 5.41 Å². The van der Waals surface area contributed by atoms with E-state index in [2.05, 4.69) is 5.32 Å². The van der Waals surface area contributed by atoms with Crippen molar-refractivity contribution in [3.05, 3.63) is 29.8 Å². The number of rotatable bonds is 3. The second-order valence-corrected chi connectivity index (χ2v) is 4.97. The quantitative estimate of drug-likeness (QED) is 0.829. The summed E-state index contributed by atoms with van der Waals surface area (Å²) in [4.78, 5) is 23.2. The van der Waals surface area contributed by atoms with Gasteiger partial charge in [-0.2, -0.15) is 0 Å². The molecular weight excluding hydrogens is 230 g/mol. The molecule has 0 aromatic heterocycles. The summed E-state index contributed by atoms with van der Waals surface area (Å²) in [5.74, 6) is 0.386. The van der Waals surface area contributed by atoms with E-state index in [1.54, 1.807) is 7.11 Å². The average molecular weight is 247 g/mol. The van der Waals surface area contributed by atoms with E-state index in [4.69, 9.17) is 4.74 Å². The Bertz CT molecular complexity index is 480. The van der Waals surface area contributed by atoms with Gasteiger partial charge >= 0.3 is 0 Å². The highest BCUT2D eigenvalue weighted by molar-refractivity contribution is 6.06. The number of imide groups is 1. The highest BCUT2D eigenvalue weighted by Crippen LogP contribution is 2.41. The molecule has 1 aromatic carbocycles. The molecule has 2 atom stereocenters. The molecule has 0 bridgehead atoms. The van der Waals surface area contributed by atoms with Gasteiger partial charge in [-0.1, -0.05) is 19.1 Å². The fourth-order valence-corrected chi connectivity index (χ4v) is 2.34. The number of methoxy groups -OCH3 is 1. The van der Waals surface area contributed by atoms with E-state index in [1.807, 2.05) is 38.1 Å². The Hall–Kier alpha value is -1.84. The van der Waals surface area contributed by atoms with Gasteiger partial charge in [0.05, 0.1) is 12.5 Å². The maximum atomic E-state index is 11.9. The SMILES string of the molecule is COc1ccc([C@@H](C)[C@]2(C)CC(=O)NC2=O)cc1. The summed E-state index contributed by atoms with van der Waals surface area (Å²) in [6.07, 6.45) is 0.249. The van der Waals surface area contributed by atoms with E-state index in [1.165, 1.54) is 0 Å². The third-order valence-electron chi connectivity index (χ3n) is 3.87. The van der Waals surface area contributed by atoms with Gasteiger partial charge < -0.3 is 4.74 Å². The van der Waals surface area contributed by atoms with Crippen LogP contribution >= 0.6 is 0 Å². The van der Waals surface area contributed by atoms with E-state index in [9.17, 15) is 9.59 Å². The van der Waals surface area contributed by atoms with Crippen LogP contribution in [0, 0.1) is 5.41 Å². The van der Waals surface area contributed by atoms with Crippen molar-refractivity contribution < 1.29 is 14.3 Å². The van der Waals surface area contributed by atoms with Gasteiger partial charge in [-0.3, -0.25) is 14.9 Å². The highest BCUT2D eigenvalue weighted by Gasteiger charge is 2.46. The second kappa shape index (κ2) is 4.44. The minimum absolute atomic E-state index is 0.0187. The molecule has 0 saturated carbocycles. The van der Waals surface area contributed by atoms with Crippen molar-refractivity contribution >= 4 is 11.8 Å². The topological polar surface area (TPSA) is 55.4 Å². The van der Waals surface area contributed by atoms with Gasteiger partial charge in [0.2, 0.25) is 11.8 Å². The van der Waals surface area contributed by atoms with Crippen LogP contribution < -0.4 is 10.1 Å². The molecular formula is C14H17NO3. The lowest BCUT2D eigenvalue weighted by Crippen LogP contribution is -2.33. The Morgan fingerprint density at radius 1 is 1.28 bits per heavy atom. The van der Waals surface area contributed by atoms with Gasteiger partial charge in [-0.25, -0.2) is 0 Å². The molecule has 18 heavy (non-hydrogen) atoms. The fraction of sp³-hybridized carbons (Fsp3) is 0.429. The smallest absolute Gasteiger partial charge is 0.233 e. The van der Waals surface area contributed by atoms with E-state index in [-0.39, 0.29) is 24.2 Å². The van der Waals surface area contributed by atoms with Gasteiger partial charge in [0.15, 0.2) is 0 Å². The predicted octanol–water partition coefficient (Wildman–Crippen LogP) is 1.85. The first-order valence-electron chi connectivity index (χ1n) is 5.95. The maximum absolute atomic E-state index is 11.9. The molecule has 1 fully saturated rings. The molecule has 0 unspecified atom stereocenters. The number of benzene rings is 1. The Kier molecular flexibility index (Phi) is 3.11. The van der Waals surface area contributed by atoms with Crippen LogP contribution in [0.1, 0.15) is 31.7 Å². The number of hydrogen-bond acceptors (Lipinski definition) is 3. The highest BCUT2D eigenvalue weighted by atomic mass is 16.5. The molecule has 1 heterocycles. The molecule has 1 aliphatic rings. The van der Waals surface area contributed by atoms with Gasteiger partial charge in [-0.05, 0) is 30.5 Å². The van der Waals surface area contributed by atoms with Crippen LogP contribution in [0.25, 0.3) is 0 Å².